The number of rotatable bonds is 14. The highest BCUT2D eigenvalue weighted by molar-refractivity contribution is 7.92. The molecule has 0 aliphatic carbocycles. The molecule has 0 radical (unpaired) electrons. The molecule has 1 N–H and O–H groups in total. The smallest absolute Gasteiger partial charge is 0.264 e. The summed E-state index contributed by atoms with van der Waals surface area (Å²) in [7, 11) is -4.22. The molecular weight excluding hydrogens is 545 g/mol. The van der Waals surface area contributed by atoms with Crippen LogP contribution in [0.25, 0.3) is 0 Å². The van der Waals surface area contributed by atoms with Crippen molar-refractivity contribution >= 4 is 27.5 Å². The minimum atomic E-state index is -4.22. The van der Waals surface area contributed by atoms with Crippen molar-refractivity contribution in [2.45, 2.75) is 51.6 Å². The molecule has 3 aromatic carbocycles. The second kappa shape index (κ2) is 14.6. The topological polar surface area (TPSA) is 96.0 Å². The van der Waals surface area contributed by atoms with E-state index in [2.05, 4.69) is 5.32 Å². The Hall–Kier alpha value is -3.92. The van der Waals surface area contributed by atoms with Crippen molar-refractivity contribution in [3.63, 3.8) is 0 Å². The summed E-state index contributed by atoms with van der Waals surface area (Å²) < 4.78 is 48.3. The van der Waals surface area contributed by atoms with Gasteiger partial charge in [0.25, 0.3) is 10.0 Å². The van der Waals surface area contributed by atoms with E-state index in [1.54, 1.807) is 56.3 Å². The lowest BCUT2D eigenvalue weighted by Crippen LogP contribution is -2.52. The van der Waals surface area contributed by atoms with Crippen molar-refractivity contribution in [3.05, 3.63) is 90.2 Å². The summed E-state index contributed by atoms with van der Waals surface area (Å²) in [6, 6.07) is 19.2. The third-order valence-corrected chi connectivity index (χ3v) is 8.15. The molecule has 0 aliphatic rings. The zero-order chi connectivity index (χ0) is 30.0. The van der Waals surface area contributed by atoms with Gasteiger partial charge in [0, 0.05) is 13.1 Å². The molecule has 0 bridgehead atoms. The highest BCUT2D eigenvalue weighted by Crippen LogP contribution is 2.33. The van der Waals surface area contributed by atoms with Crippen LogP contribution in [-0.2, 0) is 26.2 Å². The molecule has 0 fully saturated rings. The maximum absolute atomic E-state index is 14.1. The number of nitrogens with one attached hydrogen (secondary N) is 1. The Labute approximate surface area is 242 Å². The van der Waals surface area contributed by atoms with Crippen molar-refractivity contribution in [1.82, 2.24) is 10.2 Å². The van der Waals surface area contributed by atoms with E-state index in [9.17, 15) is 22.4 Å². The van der Waals surface area contributed by atoms with E-state index in [4.69, 9.17) is 4.74 Å². The van der Waals surface area contributed by atoms with Gasteiger partial charge >= 0.3 is 0 Å². The molecule has 2 amide bonds. The van der Waals surface area contributed by atoms with Gasteiger partial charge < -0.3 is 15.0 Å². The molecule has 0 spiro atoms. The van der Waals surface area contributed by atoms with Crippen LogP contribution in [0.5, 0.6) is 5.75 Å². The number of halogens is 1. The minimum Gasteiger partial charge on any atom is -0.492 e. The number of amides is 2. The Morgan fingerprint density at radius 3 is 2.17 bits per heavy atom. The van der Waals surface area contributed by atoms with E-state index in [1.165, 1.54) is 41.3 Å². The molecule has 0 aromatic heterocycles. The van der Waals surface area contributed by atoms with Gasteiger partial charge in [0.1, 0.15) is 24.2 Å². The quantitative estimate of drug-likeness (QED) is 0.288. The summed E-state index contributed by atoms with van der Waals surface area (Å²) in [5, 5.41) is 2.89. The number of ether oxygens (including phenoxy) is 1. The number of hydrogen-bond donors (Lipinski definition) is 1. The van der Waals surface area contributed by atoms with E-state index in [0.29, 0.717) is 17.9 Å². The monoisotopic (exact) mass is 583 g/mol. The molecule has 0 saturated heterocycles. The Kier molecular flexibility index (Phi) is 11.3. The number of anilines is 1. The molecular formula is C31H38FN3O5S. The summed E-state index contributed by atoms with van der Waals surface area (Å²) in [6.45, 7) is 7.60. The summed E-state index contributed by atoms with van der Waals surface area (Å²) in [4.78, 5) is 28.7. The Morgan fingerprint density at radius 2 is 1.56 bits per heavy atom. The van der Waals surface area contributed by atoms with Gasteiger partial charge in [-0.1, -0.05) is 63.2 Å². The highest BCUT2D eigenvalue weighted by Gasteiger charge is 2.34. The number of carbonyl (C=O) groups excluding carboxylic acids is 2. The van der Waals surface area contributed by atoms with Crippen LogP contribution in [0.2, 0.25) is 0 Å². The van der Waals surface area contributed by atoms with Gasteiger partial charge in [-0.3, -0.25) is 13.9 Å². The predicted molar refractivity (Wildman–Crippen MR) is 157 cm³/mol. The lowest BCUT2D eigenvalue weighted by Gasteiger charge is -2.33. The highest BCUT2D eigenvalue weighted by atomic mass is 32.2. The van der Waals surface area contributed by atoms with E-state index in [0.717, 1.165) is 4.31 Å². The maximum Gasteiger partial charge on any atom is 0.264 e. The van der Waals surface area contributed by atoms with Crippen molar-refractivity contribution in [1.29, 1.82) is 0 Å². The van der Waals surface area contributed by atoms with Crippen LogP contribution in [0.4, 0.5) is 10.1 Å². The molecule has 1 atom stereocenters. The van der Waals surface area contributed by atoms with Crippen LogP contribution in [0.1, 0.15) is 39.7 Å². The van der Waals surface area contributed by atoms with E-state index in [-0.39, 0.29) is 42.0 Å². The number of carbonyl (C=O) groups is 2. The molecule has 220 valence electrons. The molecule has 0 aliphatic heterocycles. The van der Waals surface area contributed by atoms with E-state index >= 15 is 0 Å². The van der Waals surface area contributed by atoms with Crippen molar-refractivity contribution < 1.29 is 27.1 Å². The van der Waals surface area contributed by atoms with Crippen molar-refractivity contribution in [3.8, 4) is 5.75 Å². The maximum atomic E-state index is 14.1. The number of nitrogens with zero attached hydrogens (tertiary/aromatic N) is 2. The second-order valence-corrected chi connectivity index (χ2v) is 11.8. The van der Waals surface area contributed by atoms with Gasteiger partial charge in [0.15, 0.2) is 0 Å². The van der Waals surface area contributed by atoms with Crippen molar-refractivity contribution in [2.75, 3.05) is 24.0 Å². The molecule has 0 unspecified atom stereocenters. The van der Waals surface area contributed by atoms with Gasteiger partial charge in [0.2, 0.25) is 11.8 Å². The van der Waals surface area contributed by atoms with Gasteiger partial charge in [0.05, 0.1) is 17.2 Å². The van der Waals surface area contributed by atoms with Crippen LogP contribution in [-0.4, -0.2) is 50.9 Å². The van der Waals surface area contributed by atoms with Crippen LogP contribution in [0.3, 0.4) is 0 Å². The average Bonchev–Trinajstić information content (AvgIpc) is 2.96. The average molecular weight is 584 g/mol. The van der Waals surface area contributed by atoms with Crippen LogP contribution in [0, 0.1) is 11.7 Å². The zero-order valence-corrected chi connectivity index (χ0v) is 24.7. The largest absolute Gasteiger partial charge is 0.492 e. The first-order chi connectivity index (χ1) is 19.6. The Morgan fingerprint density at radius 1 is 0.927 bits per heavy atom. The lowest BCUT2D eigenvalue weighted by atomic mass is 10.1. The number of benzene rings is 3. The fraction of sp³-hybridized carbons (Fsp3) is 0.355. The fourth-order valence-corrected chi connectivity index (χ4v) is 5.75. The first kappa shape index (κ1) is 31.6. The van der Waals surface area contributed by atoms with E-state index < -0.39 is 34.3 Å². The third-order valence-electron chi connectivity index (χ3n) is 6.38. The second-order valence-electron chi connectivity index (χ2n) is 9.94. The molecule has 3 aromatic rings. The van der Waals surface area contributed by atoms with Crippen LogP contribution in [0.15, 0.2) is 83.8 Å². The predicted octanol–water partition coefficient (Wildman–Crippen LogP) is 5.00. The first-order valence-corrected chi connectivity index (χ1v) is 15.1. The minimum absolute atomic E-state index is 0.00547. The molecule has 3 rings (SSSR count). The normalized spacial score (nSPS) is 12.0. The summed E-state index contributed by atoms with van der Waals surface area (Å²) in [6.07, 6.45) is 0.290. The molecule has 0 saturated carbocycles. The lowest BCUT2D eigenvalue weighted by molar-refractivity contribution is -0.140. The van der Waals surface area contributed by atoms with Crippen LogP contribution < -0.4 is 14.4 Å². The van der Waals surface area contributed by atoms with Crippen LogP contribution >= 0.6 is 0 Å². The Balaban J connectivity index is 2.08. The molecule has 41 heavy (non-hydrogen) atoms. The van der Waals surface area contributed by atoms with Gasteiger partial charge in [-0.05, 0) is 61.2 Å². The fourth-order valence-electron chi connectivity index (χ4n) is 4.30. The summed E-state index contributed by atoms with van der Waals surface area (Å²) in [5.41, 5.74) is 0.799. The summed E-state index contributed by atoms with van der Waals surface area (Å²) >= 11 is 0. The number of sulfonamides is 1. The molecule has 0 heterocycles. The van der Waals surface area contributed by atoms with E-state index in [1.807, 2.05) is 13.8 Å². The van der Waals surface area contributed by atoms with Gasteiger partial charge in [-0.25, -0.2) is 12.8 Å². The summed E-state index contributed by atoms with van der Waals surface area (Å²) in [5.74, 6) is -0.870. The number of para-hydroxylation sites is 2. The zero-order valence-electron chi connectivity index (χ0n) is 23.9. The van der Waals surface area contributed by atoms with Gasteiger partial charge in [-0.15, -0.1) is 0 Å². The van der Waals surface area contributed by atoms with Crippen molar-refractivity contribution in [2.24, 2.45) is 5.92 Å². The molecule has 8 nitrogen and oxygen atoms in total. The SMILES string of the molecule is CCOc1ccccc1N(CC(=O)N(Cc1ccc(F)cc1)[C@H](CC)C(=O)NCC(C)C)S(=O)(=O)c1ccccc1. The Bertz CT molecular complexity index is 1400. The third kappa shape index (κ3) is 8.29. The van der Waals surface area contributed by atoms with Gasteiger partial charge in [-0.2, -0.15) is 0 Å². The standard InChI is InChI=1S/C31H38FN3O5S/c1-5-27(31(37)33-20-23(3)4)34(21-24-16-18-25(32)19-17-24)30(36)22-35(28-14-10-11-15-29(28)40-6-2)41(38,39)26-12-8-7-9-13-26/h7-19,23,27H,5-6,20-22H2,1-4H3,(H,33,37)/t27-/m1/s1. The molecule has 10 heteroatoms. The number of hydrogen-bond acceptors (Lipinski definition) is 5. The first-order valence-electron chi connectivity index (χ1n) is 13.7.